The Morgan fingerprint density at radius 3 is 2.75 bits per heavy atom. The molecule has 0 saturated heterocycles. The summed E-state index contributed by atoms with van der Waals surface area (Å²) in [4.78, 5) is 17.3. The number of hydrogen-bond acceptors (Lipinski definition) is 3. The largest absolute Gasteiger partial charge is 0.339 e. The number of nitrogens with zero attached hydrogens (tertiary/aromatic N) is 3. The standard InChI is InChI=1S/C9H10N3O2P.Na/c1-15(13,14)9-11-5-6-12(9)8-3-2-4-10-7-8;/h2-7H,1H3,(H,13,14);. The Labute approximate surface area is 115 Å². The molecule has 7 heteroatoms. The molecule has 2 rings (SSSR count). The molecule has 16 heavy (non-hydrogen) atoms. The van der Waals surface area contributed by atoms with Crippen LogP contribution in [-0.4, -0.2) is 55.7 Å². The van der Waals surface area contributed by atoms with Crippen molar-refractivity contribution >= 4 is 42.5 Å². The first kappa shape index (κ1) is 13.6. The van der Waals surface area contributed by atoms with Gasteiger partial charge in [-0.2, -0.15) is 0 Å². The van der Waals surface area contributed by atoms with Crippen molar-refractivity contribution in [2.45, 2.75) is 0 Å². The van der Waals surface area contributed by atoms with Crippen LogP contribution < -0.4 is 5.57 Å². The summed E-state index contributed by atoms with van der Waals surface area (Å²) >= 11 is 0. The molecule has 0 fully saturated rings. The molecular weight excluding hydrogens is 236 g/mol. The third-order valence-electron chi connectivity index (χ3n) is 1.92. The van der Waals surface area contributed by atoms with E-state index in [0.717, 1.165) is 5.69 Å². The summed E-state index contributed by atoms with van der Waals surface area (Å²) in [6.45, 7) is 1.27. The van der Waals surface area contributed by atoms with Crippen molar-refractivity contribution in [3.05, 3.63) is 36.9 Å². The van der Waals surface area contributed by atoms with Gasteiger partial charge in [0.15, 0.2) is 5.57 Å². The molecular formula is C9H10N3NaO2P. The molecule has 1 N–H and O–H groups in total. The van der Waals surface area contributed by atoms with Gasteiger partial charge in [0.2, 0.25) is 0 Å². The van der Waals surface area contributed by atoms with E-state index in [4.69, 9.17) is 0 Å². The van der Waals surface area contributed by atoms with Crippen molar-refractivity contribution in [3.8, 4) is 5.69 Å². The molecule has 0 aliphatic rings. The van der Waals surface area contributed by atoms with Crippen molar-refractivity contribution in [3.63, 3.8) is 0 Å². The number of aromatic nitrogens is 3. The molecule has 0 aliphatic carbocycles. The van der Waals surface area contributed by atoms with Crippen molar-refractivity contribution in [2.75, 3.05) is 6.66 Å². The Kier molecular flexibility index (Phi) is 4.47. The van der Waals surface area contributed by atoms with E-state index < -0.39 is 7.37 Å². The Balaban J connectivity index is 0.00000128. The Morgan fingerprint density at radius 1 is 1.44 bits per heavy atom. The third-order valence-corrected chi connectivity index (χ3v) is 2.99. The molecule has 0 aliphatic heterocycles. The van der Waals surface area contributed by atoms with Crippen molar-refractivity contribution in [1.82, 2.24) is 14.5 Å². The fraction of sp³-hybridized carbons (Fsp3) is 0.111. The molecule has 0 bridgehead atoms. The average molecular weight is 246 g/mol. The molecule has 0 saturated carbocycles. The van der Waals surface area contributed by atoms with Crippen LogP contribution in [0.5, 0.6) is 0 Å². The van der Waals surface area contributed by atoms with Gasteiger partial charge in [0.25, 0.3) is 7.37 Å². The van der Waals surface area contributed by atoms with Crippen LogP contribution in [0.25, 0.3) is 5.69 Å². The van der Waals surface area contributed by atoms with E-state index in [-0.39, 0.29) is 35.1 Å². The van der Waals surface area contributed by atoms with Crippen LogP contribution in [0.4, 0.5) is 0 Å². The Bertz CT molecular complexity index is 508. The van der Waals surface area contributed by atoms with Crippen molar-refractivity contribution in [2.24, 2.45) is 0 Å². The molecule has 1 radical (unpaired) electrons. The number of pyridine rings is 1. The fourth-order valence-electron chi connectivity index (χ4n) is 1.30. The minimum Gasteiger partial charge on any atom is -0.339 e. The smallest absolute Gasteiger partial charge is 0.261 e. The maximum absolute atomic E-state index is 11.5. The first-order valence-electron chi connectivity index (χ1n) is 4.33. The van der Waals surface area contributed by atoms with Gasteiger partial charge >= 0.3 is 0 Å². The molecule has 0 amide bonds. The third kappa shape index (κ3) is 2.81. The predicted octanol–water partition coefficient (Wildman–Crippen LogP) is 0.412. The molecule has 2 heterocycles. The second-order valence-corrected chi connectivity index (χ2v) is 5.35. The molecule has 1 unspecified atom stereocenters. The van der Waals surface area contributed by atoms with Crippen molar-refractivity contribution in [1.29, 1.82) is 0 Å². The van der Waals surface area contributed by atoms with Gasteiger partial charge in [-0.3, -0.25) is 14.1 Å². The van der Waals surface area contributed by atoms with Gasteiger partial charge in [0.05, 0.1) is 11.9 Å². The second kappa shape index (κ2) is 5.25. The van der Waals surface area contributed by atoms with Crippen LogP contribution in [0, 0.1) is 0 Å². The number of imidazole rings is 1. The normalized spacial score (nSPS) is 13.9. The maximum Gasteiger partial charge on any atom is 0.261 e. The average Bonchev–Trinajstić information content (AvgIpc) is 2.67. The van der Waals surface area contributed by atoms with Crippen LogP contribution in [-0.2, 0) is 4.57 Å². The van der Waals surface area contributed by atoms with Crippen molar-refractivity contribution < 1.29 is 9.46 Å². The zero-order valence-electron chi connectivity index (χ0n) is 9.11. The van der Waals surface area contributed by atoms with Gasteiger partial charge in [0.1, 0.15) is 0 Å². The maximum atomic E-state index is 11.5. The summed E-state index contributed by atoms with van der Waals surface area (Å²) in [5, 5.41) is 0. The van der Waals surface area contributed by atoms with E-state index in [1.54, 1.807) is 35.3 Å². The molecule has 0 spiro atoms. The van der Waals surface area contributed by atoms with Crippen LogP contribution >= 0.6 is 7.37 Å². The van der Waals surface area contributed by atoms with Gasteiger partial charge in [0, 0.05) is 54.8 Å². The minimum atomic E-state index is -3.35. The van der Waals surface area contributed by atoms with Crippen LogP contribution in [0.15, 0.2) is 36.9 Å². The SMILES string of the molecule is CP(=O)(O)c1nccn1-c1cccnc1.[Na]. The topological polar surface area (TPSA) is 68.0 Å². The number of hydrogen-bond donors (Lipinski definition) is 1. The summed E-state index contributed by atoms with van der Waals surface area (Å²) < 4.78 is 13.1. The van der Waals surface area contributed by atoms with E-state index in [2.05, 4.69) is 9.97 Å². The first-order chi connectivity index (χ1) is 7.09. The van der Waals surface area contributed by atoms with Crippen LogP contribution in [0.2, 0.25) is 0 Å². The Morgan fingerprint density at radius 2 is 2.19 bits per heavy atom. The predicted molar refractivity (Wildman–Crippen MR) is 62.5 cm³/mol. The van der Waals surface area contributed by atoms with E-state index in [1.807, 2.05) is 0 Å². The van der Waals surface area contributed by atoms with E-state index >= 15 is 0 Å². The van der Waals surface area contributed by atoms with Gasteiger partial charge < -0.3 is 4.89 Å². The zero-order chi connectivity index (χ0) is 10.9. The second-order valence-electron chi connectivity index (χ2n) is 3.19. The molecule has 5 nitrogen and oxygen atoms in total. The van der Waals surface area contributed by atoms with Crippen LogP contribution in [0.3, 0.4) is 0 Å². The monoisotopic (exact) mass is 246 g/mol. The Hall–Kier alpha value is -0.450. The molecule has 2 aromatic heterocycles. The summed E-state index contributed by atoms with van der Waals surface area (Å²) in [6, 6.07) is 3.56. The summed E-state index contributed by atoms with van der Waals surface area (Å²) in [6.07, 6.45) is 6.39. The fourth-order valence-corrected chi connectivity index (χ4v) is 2.16. The molecule has 0 aromatic carbocycles. The quantitative estimate of drug-likeness (QED) is 0.615. The van der Waals surface area contributed by atoms with Crippen LogP contribution in [0.1, 0.15) is 0 Å². The van der Waals surface area contributed by atoms with Gasteiger partial charge in [-0.1, -0.05) is 0 Å². The van der Waals surface area contributed by atoms with E-state index in [9.17, 15) is 9.46 Å². The first-order valence-corrected chi connectivity index (χ1v) is 6.44. The molecule has 1 atom stereocenters. The minimum absolute atomic E-state index is 0. The van der Waals surface area contributed by atoms with Gasteiger partial charge in [-0.05, 0) is 12.1 Å². The summed E-state index contributed by atoms with van der Waals surface area (Å²) in [7, 11) is -3.35. The summed E-state index contributed by atoms with van der Waals surface area (Å²) in [5.41, 5.74) is 0.886. The van der Waals surface area contributed by atoms with Gasteiger partial charge in [-0.25, -0.2) is 4.98 Å². The van der Waals surface area contributed by atoms with E-state index in [0.29, 0.717) is 0 Å². The molecule has 2 aromatic rings. The number of rotatable bonds is 2. The molecule has 79 valence electrons. The summed E-state index contributed by atoms with van der Waals surface area (Å²) in [5.74, 6) is 0. The zero-order valence-corrected chi connectivity index (χ0v) is 12.0. The van der Waals surface area contributed by atoms with Gasteiger partial charge in [-0.15, -0.1) is 0 Å². The van der Waals surface area contributed by atoms with E-state index in [1.165, 1.54) is 12.9 Å².